The Balaban J connectivity index is 1.73. The molecule has 2 aliphatic rings. The van der Waals surface area contributed by atoms with Crippen molar-refractivity contribution in [3.8, 4) is 0 Å². The van der Waals surface area contributed by atoms with Crippen LogP contribution in [0.5, 0.6) is 0 Å². The van der Waals surface area contributed by atoms with Gasteiger partial charge in [0.1, 0.15) is 0 Å². The summed E-state index contributed by atoms with van der Waals surface area (Å²) in [5.74, 6) is 0.334. The fraction of sp³-hybridized carbons (Fsp3) is 0.643. The zero-order valence-corrected chi connectivity index (χ0v) is 12.2. The molecular formula is C14H21N3OS. The van der Waals surface area contributed by atoms with Gasteiger partial charge >= 0.3 is 0 Å². The summed E-state index contributed by atoms with van der Waals surface area (Å²) in [5, 5.41) is 0. The number of piperazine rings is 1. The molecule has 0 aliphatic carbocycles. The smallest absolute Gasteiger partial charge is 0.222 e. The number of amides is 1. The van der Waals surface area contributed by atoms with Gasteiger partial charge in [-0.05, 0) is 25.5 Å². The van der Waals surface area contributed by atoms with E-state index in [9.17, 15) is 4.79 Å². The molecule has 104 valence electrons. The zero-order valence-electron chi connectivity index (χ0n) is 11.3. The van der Waals surface area contributed by atoms with Crippen LogP contribution in [-0.4, -0.2) is 47.9 Å². The van der Waals surface area contributed by atoms with Crippen molar-refractivity contribution in [2.24, 2.45) is 5.73 Å². The number of nitrogens with two attached hydrogens (primary N) is 1. The van der Waals surface area contributed by atoms with Gasteiger partial charge in [0.15, 0.2) is 0 Å². The maximum atomic E-state index is 11.7. The van der Waals surface area contributed by atoms with E-state index in [1.165, 1.54) is 9.75 Å². The molecule has 0 aromatic carbocycles. The number of fused-ring (bicyclic) bond motifs is 1. The van der Waals surface area contributed by atoms with Gasteiger partial charge in [0.05, 0.1) is 6.04 Å². The fourth-order valence-electron chi connectivity index (χ4n) is 3.25. The predicted octanol–water partition coefficient (Wildman–Crippen LogP) is 1.36. The van der Waals surface area contributed by atoms with Crippen LogP contribution in [0.4, 0.5) is 0 Å². The molecule has 2 atom stereocenters. The van der Waals surface area contributed by atoms with E-state index in [2.05, 4.69) is 28.9 Å². The van der Waals surface area contributed by atoms with E-state index in [1.807, 2.05) is 11.3 Å². The Morgan fingerprint density at radius 3 is 3.00 bits per heavy atom. The molecule has 2 unspecified atom stereocenters. The summed E-state index contributed by atoms with van der Waals surface area (Å²) in [7, 11) is 0. The SMILES string of the molecule is Cc1ccc(C(CN)N2CCN3C(=O)CCC3C2)s1. The minimum absolute atomic E-state index is 0.316. The number of carbonyl (C=O) groups excluding carboxylic acids is 1. The Hall–Kier alpha value is -0.910. The van der Waals surface area contributed by atoms with Gasteiger partial charge in [0, 0.05) is 48.4 Å². The average Bonchev–Trinajstić information content (AvgIpc) is 2.98. The number of aryl methyl sites for hydroxylation is 1. The van der Waals surface area contributed by atoms with Gasteiger partial charge in [-0.15, -0.1) is 11.3 Å². The predicted molar refractivity (Wildman–Crippen MR) is 77.2 cm³/mol. The molecule has 19 heavy (non-hydrogen) atoms. The first-order valence-corrected chi connectivity index (χ1v) is 7.80. The van der Waals surface area contributed by atoms with E-state index >= 15 is 0 Å². The molecular weight excluding hydrogens is 258 g/mol. The van der Waals surface area contributed by atoms with Crippen LogP contribution in [0.1, 0.15) is 28.6 Å². The molecule has 2 aliphatic heterocycles. The fourth-order valence-corrected chi connectivity index (χ4v) is 4.27. The molecule has 2 N–H and O–H groups in total. The van der Waals surface area contributed by atoms with Crippen LogP contribution in [0.25, 0.3) is 0 Å². The van der Waals surface area contributed by atoms with Crippen molar-refractivity contribution in [1.82, 2.24) is 9.80 Å². The van der Waals surface area contributed by atoms with Crippen LogP contribution in [-0.2, 0) is 4.79 Å². The monoisotopic (exact) mass is 279 g/mol. The summed E-state index contributed by atoms with van der Waals surface area (Å²) >= 11 is 1.84. The van der Waals surface area contributed by atoms with Gasteiger partial charge in [-0.25, -0.2) is 0 Å². The molecule has 0 bridgehead atoms. The Bertz CT molecular complexity index is 473. The highest BCUT2D eigenvalue weighted by molar-refractivity contribution is 7.12. The Morgan fingerprint density at radius 1 is 1.47 bits per heavy atom. The zero-order chi connectivity index (χ0) is 13.4. The summed E-state index contributed by atoms with van der Waals surface area (Å²) in [6.45, 7) is 5.58. The highest BCUT2D eigenvalue weighted by Crippen LogP contribution is 2.31. The maximum absolute atomic E-state index is 11.7. The van der Waals surface area contributed by atoms with Crippen molar-refractivity contribution in [2.75, 3.05) is 26.2 Å². The average molecular weight is 279 g/mol. The first-order chi connectivity index (χ1) is 9.19. The second-order valence-corrected chi connectivity index (χ2v) is 6.79. The molecule has 1 aromatic rings. The third kappa shape index (κ3) is 2.42. The normalized spacial score (nSPS) is 25.7. The lowest BCUT2D eigenvalue weighted by Gasteiger charge is -2.41. The van der Waals surface area contributed by atoms with Gasteiger partial charge in [-0.1, -0.05) is 0 Å². The molecule has 3 rings (SSSR count). The molecule has 1 amide bonds. The Kier molecular flexibility index (Phi) is 3.60. The van der Waals surface area contributed by atoms with Crippen molar-refractivity contribution in [1.29, 1.82) is 0 Å². The van der Waals surface area contributed by atoms with E-state index < -0.39 is 0 Å². The van der Waals surface area contributed by atoms with Crippen molar-refractivity contribution < 1.29 is 4.79 Å². The first-order valence-electron chi connectivity index (χ1n) is 6.99. The van der Waals surface area contributed by atoms with E-state index in [0.717, 1.165) is 32.5 Å². The lowest BCUT2D eigenvalue weighted by atomic mass is 10.1. The van der Waals surface area contributed by atoms with Gasteiger partial charge in [-0.3, -0.25) is 9.69 Å². The van der Waals surface area contributed by atoms with Crippen molar-refractivity contribution in [2.45, 2.75) is 31.8 Å². The third-order valence-corrected chi connectivity index (χ3v) is 5.38. The van der Waals surface area contributed by atoms with Crippen LogP contribution in [0, 0.1) is 6.92 Å². The quantitative estimate of drug-likeness (QED) is 0.909. The maximum Gasteiger partial charge on any atom is 0.222 e. The lowest BCUT2D eigenvalue weighted by Crippen LogP contribution is -2.53. The molecule has 1 aromatic heterocycles. The molecule has 5 heteroatoms. The summed E-state index contributed by atoms with van der Waals surface area (Å²) in [5.41, 5.74) is 5.99. The van der Waals surface area contributed by atoms with Crippen LogP contribution in [0.3, 0.4) is 0 Å². The molecule has 3 heterocycles. The molecule has 4 nitrogen and oxygen atoms in total. The standard InChI is InChI=1S/C14H21N3OS/c1-10-2-4-13(19-10)12(8-15)16-6-7-17-11(9-16)3-5-14(17)18/h2,4,11-12H,3,5-9,15H2,1H3. The highest BCUT2D eigenvalue weighted by Gasteiger charge is 2.37. The topological polar surface area (TPSA) is 49.6 Å². The largest absolute Gasteiger partial charge is 0.337 e. The van der Waals surface area contributed by atoms with E-state index in [4.69, 9.17) is 5.73 Å². The summed E-state index contributed by atoms with van der Waals surface area (Å²) in [6.07, 6.45) is 1.74. The minimum atomic E-state index is 0.316. The Labute approximate surface area is 118 Å². The summed E-state index contributed by atoms with van der Waals surface area (Å²) in [6, 6.07) is 5.09. The van der Waals surface area contributed by atoms with Crippen LogP contribution in [0.15, 0.2) is 12.1 Å². The van der Waals surface area contributed by atoms with Crippen molar-refractivity contribution in [3.63, 3.8) is 0 Å². The first kappa shape index (κ1) is 13.1. The van der Waals surface area contributed by atoms with Crippen LogP contribution in [0.2, 0.25) is 0 Å². The van der Waals surface area contributed by atoms with Crippen LogP contribution < -0.4 is 5.73 Å². The van der Waals surface area contributed by atoms with E-state index in [1.54, 1.807) is 0 Å². The molecule has 2 fully saturated rings. The highest BCUT2D eigenvalue weighted by atomic mass is 32.1. The number of thiophene rings is 1. The summed E-state index contributed by atoms with van der Waals surface area (Å²) in [4.78, 5) is 18.9. The number of carbonyl (C=O) groups is 1. The van der Waals surface area contributed by atoms with Gasteiger partial charge in [-0.2, -0.15) is 0 Å². The van der Waals surface area contributed by atoms with Crippen molar-refractivity contribution in [3.05, 3.63) is 21.9 Å². The molecule has 0 radical (unpaired) electrons. The second kappa shape index (κ2) is 5.23. The number of nitrogens with zero attached hydrogens (tertiary/aromatic N) is 2. The number of hydrogen-bond donors (Lipinski definition) is 1. The van der Waals surface area contributed by atoms with E-state index in [0.29, 0.717) is 24.5 Å². The minimum Gasteiger partial charge on any atom is -0.337 e. The van der Waals surface area contributed by atoms with Crippen LogP contribution >= 0.6 is 11.3 Å². The van der Waals surface area contributed by atoms with Gasteiger partial charge < -0.3 is 10.6 Å². The Morgan fingerprint density at radius 2 is 2.32 bits per heavy atom. The molecule has 0 spiro atoms. The van der Waals surface area contributed by atoms with Gasteiger partial charge in [0.25, 0.3) is 0 Å². The van der Waals surface area contributed by atoms with Gasteiger partial charge in [0.2, 0.25) is 5.91 Å². The second-order valence-electron chi connectivity index (χ2n) is 5.47. The third-order valence-electron chi connectivity index (χ3n) is 4.28. The summed E-state index contributed by atoms with van der Waals surface area (Å²) < 4.78 is 0. The van der Waals surface area contributed by atoms with E-state index in [-0.39, 0.29) is 0 Å². The molecule has 0 saturated carbocycles. The lowest BCUT2D eigenvalue weighted by molar-refractivity contribution is -0.131. The molecule has 2 saturated heterocycles. The number of rotatable bonds is 3. The number of hydrogen-bond acceptors (Lipinski definition) is 4. The van der Waals surface area contributed by atoms with Crippen molar-refractivity contribution >= 4 is 17.2 Å².